The number of rotatable bonds is 7. The molecular formula is C16H22ClN3O. The Hall–Kier alpha value is -1.20. The van der Waals surface area contributed by atoms with Crippen LogP contribution in [0.4, 0.5) is 0 Å². The van der Waals surface area contributed by atoms with Crippen LogP contribution in [0.2, 0.25) is 5.02 Å². The first-order chi connectivity index (χ1) is 10.2. The first-order valence-electron chi connectivity index (χ1n) is 7.27. The smallest absolute Gasteiger partial charge is 0.0765 e. The fraction of sp³-hybridized carbons (Fsp3) is 0.438. The molecule has 0 fully saturated rings. The molecule has 0 saturated heterocycles. The van der Waals surface area contributed by atoms with Crippen LogP contribution in [0.1, 0.15) is 31.4 Å². The molecule has 114 valence electrons. The number of nitrogens with two attached hydrogens (primary N) is 1. The van der Waals surface area contributed by atoms with Crippen molar-refractivity contribution in [2.75, 3.05) is 13.2 Å². The number of aliphatic hydroxyl groups excluding tert-OH is 1. The Morgan fingerprint density at radius 1 is 1.38 bits per heavy atom. The SMILES string of the molecule is CC(CCCO)NC(CN)c1ccc(Cl)c2cccnc12. The summed E-state index contributed by atoms with van der Waals surface area (Å²) >= 11 is 6.23. The van der Waals surface area contributed by atoms with Gasteiger partial charge in [0.15, 0.2) is 0 Å². The highest BCUT2D eigenvalue weighted by molar-refractivity contribution is 6.35. The molecule has 0 bridgehead atoms. The highest BCUT2D eigenvalue weighted by Gasteiger charge is 2.17. The first kappa shape index (κ1) is 16.2. The lowest BCUT2D eigenvalue weighted by Gasteiger charge is -2.23. The highest BCUT2D eigenvalue weighted by atomic mass is 35.5. The summed E-state index contributed by atoms with van der Waals surface area (Å²) in [6.45, 7) is 2.80. The summed E-state index contributed by atoms with van der Waals surface area (Å²) in [5, 5.41) is 14.1. The van der Waals surface area contributed by atoms with Crippen molar-refractivity contribution in [3.05, 3.63) is 41.0 Å². The number of nitrogens with one attached hydrogen (secondary N) is 1. The molecule has 0 aliphatic rings. The van der Waals surface area contributed by atoms with Crippen molar-refractivity contribution < 1.29 is 5.11 Å². The summed E-state index contributed by atoms with van der Waals surface area (Å²) in [6, 6.07) is 8.03. The molecule has 2 unspecified atom stereocenters. The lowest BCUT2D eigenvalue weighted by atomic mass is 10.0. The Balaban J connectivity index is 2.28. The predicted octanol–water partition coefficient (Wildman–Crippen LogP) is 2.64. The zero-order valence-electron chi connectivity index (χ0n) is 12.2. The topological polar surface area (TPSA) is 71.2 Å². The van der Waals surface area contributed by atoms with Gasteiger partial charge in [0.05, 0.1) is 5.52 Å². The van der Waals surface area contributed by atoms with Crippen molar-refractivity contribution in [3.8, 4) is 0 Å². The predicted molar refractivity (Wildman–Crippen MR) is 87.5 cm³/mol. The van der Waals surface area contributed by atoms with Gasteiger partial charge in [-0.25, -0.2) is 0 Å². The van der Waals surface area contributed by atoms with E-state index in [4.69, 9.17) is 22.4 Å². The highest BCUT2D eigenvalue weighted by Crippen LogP contribution is 2.28. The van der Waals surface area contributed by atoms with Crippen molar-refractivity contribution in [1.82, 2.24) is 10.3 Å². The van der Waals surface area contributed by atoms with Crippen LogP contribution in [0.3, 0.4) is 0 Å². The minimum absolute atomic E-state index is 0.0216. The standard InChI is InChI=1S/C16H22ClN3O/c1-11(4-3-9-21)20-15(10-18)13-6-7-14(17)12-5-2-8-19-16(12)13/h2,5-8,11,15,20-21H,3-4,9-10,18H2,1H3. The third-order valence-electron chi connectivity index (χ3n) is 3.64. The van der Waals surface area contributed by atoms with Crippen molar-refractivity contribution in [1.29, 1.82) is 0 Å². The van der Waals surface area contributed by atoms with Crippen molar-refractivity contribution >= 4 is 22.5 Å². The van der Waals surface area contributed by atoms with Gasteiger partial charge in [-0.3, -0.25) is 4.98 Å². The molecule has 4 nitrogen and oxygen atoms in total. The van der Waals surface area contributed by atoms with Crippen LogP contribution in [0.5, 0.6) is 0 Å². The fourth-order valence-corrected chi connectivity index (χ4v) is 2.77. The fourth-order valence-electron chi connectivity index (χ4n) is 2.55. The number of nitrogens with zero attached hydrogens (tertiary/aromatic N) is 1. The number of hydrogen-bond donors (Lipinski definition) is 3. The monoisotopic (exact) mass is 307 g/mol. The number of aromatic nitrogens is 1. The van der Waals surface area contributed by atoms with E-state index in [1.165, 1.54) is 0 Å². The molecule has 0 radical (unpaired) electrons. The molecular weight excluding hydrogens is 286 g/mol. The molecule has 0 spiro atoms. The zero-order valence-corrected chi connectivity index (χ0v) is 13.0. The van der Waals surface area contributed by atoms with Gasteiger partial charge in [-0.05, 0) is 43.5 Å². The van der Waals surface area contributed by atoms with E-state index in [1.54, 1.807) is 6.20 Å². The van der Waals surface area contributed by atoms with E-state index in [9.17, 15) is 0 Å². The second-order valence-electron chi connectivity index (χ2n) is 5.26. The van der Waals surface area contributed by atoms with Crippen molar-refractivity contribution in [3.63, 3.8) is 0 Å². The summed E-state index contributed by atoms with van der Waals surface area (Å²) in [7, 11) is 0. The molecule has 1 aromatic heterocycles. The van der Waals surface area contributed by atoms with Crippen molar-refractivity contribution in [2.24, 2.45) is 5.73 Å². The van der Waals surface area contributed by atoms with Crippen LogP contribution in [0, 0.1) is 0 Å². The second-order valence-corrected chi connectivity index (χ2v) is 5.67. The number of benzene rings is 1. The molecule has 1 heterocycles. The number of hydrogen-bond acceptors (Lipinski definition) is 4. The van der Waals surface area contributed by atoms with Gasteiger partial charge in [-0.1, -0.05) is 17.7 Å². The van der Waals surface area contributed by atoms with Gasteiger partial charge in [0, 0.05) is 41.8 Å². The average Bonchev–Trinajstić information content (AvgIpc) is 2.51. The number of halogens is 1. The maximum Gasteiger partial charge on any atom is 0.0765 e. The third kappa shape index (κ3) is 3.92. The van der Waals surface area contributed by atoms with E-state index in [0.717, 1.165) is 29.3 Å². The van der Waals surface area contributed by atoms with Gasteiger partial charge in [-0.15, -0.1) is 0 Å². The quantitative estimate of drug-likeness (QED) is 0.735. The number of aliphatic hydroxyl groups is 1. The lowest BCUT2D eigenvalue weighted by Crippen LogP contribution is -2.35. The molecule has 2 atom stereocenters. The Labute approximate surface area is 130 Å². The lowest BCUT2D eigenvalue weighted by molar-refractivity contribution is 0.274. The normalized spacial score (nSPS) is 14.3. The van der Waals surface area contributed by atoms with Crippen LogP contribution >= 0.6 is 11.6 Å². The van der Waals surface area contributed by atoms with E-state index in [1.807, 2.05) is 24.3 Å². The molecule has 0 saturated carbocycles. The molecule has 5 heteroatoms. The molecule has 4 N–H and O–H groups in total. The van der Waals surface area contributed by atoms with Gasteiger partial charge in [-0.2, -0.15) is 0 Å². The van der Waals surface area contributed by atoms with Crippen LogP contribution in [-0.2, 0) is 0 Å². The summed E-state index contributed by atoms with van der Waals surface area (Å²) in [4.78, 5) is 4.46. The number of fused-ring (bicyclic) bond motifs is 1. The molecule has 0 amide bonds. The summed E-state index contributed by atoms with van der Waals surface area (Å²) in [6.07, 6.45) is 3.46. The first-order valence-corrected chi connectivity index (χ1v) is 7.65. The largest absolute Gasteiger partial charge is 0.396 e. The summed E-state index contributed by atoms with van der Waals surface area (Å²) in [5.74, 6) is 0. The van der Waals surface area contributed by atoms with E-state index in [-0.39, 0.29) is 18.7 Å². The molecule has 0 aliphatic heterocycles. The molecule has 0 aliphatic carbocycles. The minimum Gasteiger partial charge on any atom is -0.396 e. The van der Waals surface area contributed by atoms with Gasteiger partial charge in [0.25, 0.3) is 0 Å². The van der Waals surface area contributed by atoms with Gasteiger partial charge in [0.1, 0.15) is 0 Å². The van der Waals surface area contributed by atoms with Gasteiger partial charge in [0.2, 0.25) is 0 Å². The maximum absolute atomic E-state index is 8.92. The maximum atomic E-state index is 8.92. The van der Waals surface area contributed by atoms with Crippen LogP contribution in [0.25, 0.3) is 10.9 Å². The number of pyridine rings is 1. The Morgan fingerprint density at radius 3 is 2.90 bits per heavy atom. The third-order valence-corrected chi connectivity index (χ3v) is 3.97. The van der Waals surface area contributed by atoms with E-state index >= 15 is 0 Å². The van der Waals surface area contributed by atoms with E-state index in [0.29, 0.717) is 11.6 Å². The molecule has 21 heavy (non-hydrogen) atoms. The molecule has 2 aromatic rings. The van der Waals surface area contributed by atoms with Gasteiger partial charge >= 0.3 is 0 Å². The minimum atomic E-state index is 0.0216. The Bertz CT molecular complexity index is 591. The van der Waals surface area contributed by atoms with Crippen LogP contribution in [0.15, 0.2) is 30.5 Å². The van der Waals surface area contributed by atoms with Crippen LogP contribution in [-0.4, -0.2) is 29.3 Å². The molecule has 1 aromatic carbocycles. The van der Waals surface area contributed by atoms with Crippen molar-refractivity contribution in [2.45, 2.75) is 31.8 Å². The summed E-state index contributed by atoms with van der Waals surface area (Å²) in [5.41, 5.74) is 7.89. The second kappa shape index (κ2) is 7.71. The summed E-state index contributed by atoms with van der Waals surface area (Å²) < 4.78 is 0. The Morgan fingerprint density at radius 2 is 2.19 bits per heavy atom. The van der Waals surface area contributed by atoms with Gasteiger partial charge < -0.3 is 16.2 Å². The molecule has 2 rings (SSSR count). The zero-order chi connectivity index (χ0) is 15.2. The van der Waals surface area contributed by atoms with Crippen LogP contribution < -0.4 is 11.1 Å². The average molecular weight is 308 g/mol. The Kier molecular flexibility index (Phi) is 5.94. The van der Waals surface area contributed by atoms with E-state index < -0.39 is 0 Å². The van der Waals surface area contributed by atoms with E-state index in [2.05, 4.69) is 17.2 Å².